The molecule has 4 rings (SSSR count). The van der Waals surface area contributed by atoms with Crippen molar-refractivity contribution < 1.29 is 9.53 Å². The molecule has 1 saturated heterocycles. The average Bonchev–Trinajstić information content (AvgIpc) is 3.03. The van der Waals surface area contributed by atoms with E-state index < -0.39 is 0 Å². The minimum atomic E-state index is -0.00692. The van der Waals surface area contributed by atoms with Gasteiger partial charge in [-0.15, -0.1) is 0 Å². The first-order valence-corrected chi connectivity index (χ1v) is 11.0. The third kappa shape index (κ3) is 3.97. The lowest BCUT2D eigenvalue weighted by molar-refractivity contribution is -0.113. The summed E-state index contributed by atoms with van der Waals surface area (Å²) >= 11 is 1.46. The minimum absolute atomic E-state index is 0.00692. The highest BCUT2D eigenvalue weighted by Gasteiger charge is 2.35. The number of rotatable bonds is 4. The van der Waals surface area contributed by atoms with Crippen molar-refractivity contribution in [3.63, 3.8) is 0 Å². The summed E-state index contributed by atoms with van der Waals surface area (Å²) in [7, 11) is 0. The van der Waals surface area contributed by atoms with Gasteiger partial charge in [0.15, 0.2) is 5.17 Å². The molecule has 150 valence electrons. The van der Waals surface area contributed by atoms with Gasteiger partial charge in [-0.3, -0.25) is 14.7 Å². The molecule has 2 heterocycles. The fourth-order valence-corrected chi connectivity index (χ4v) is 4.60. The zero-order valence-corrected chi connectivity index (χ0v) is 18.0. The van der Waals surface area contributed by atoms with E-state index in [9.17, 15) is 4.79 Å². The molecule has 4 nitrogen and oxygen atoms in total. The van der Waals surface area contributed by atoms with Crippen molar-refractivity contribution in [2.24, 2.45) is 4.99 Å². The first-order valence-electron chi connectivity index (χ1n) is 10.2. The Morgan fingerprint density at radius 1 is 1.24 bits per heavy atom. The molecule has 0 aromatic heterocycles. The zero-order chi connectivity index (χ0) is 20.4. The van der Waals surface area contributed by atoms with Gasteiger partial charge in [0.05, 0.1) is 17.2 Å². The number of fused-ring (bicyclic) bond motifs is 1. The normalized spacial score (nSPS) is 19.0. The van der Waals surface area contributed by atoms with Gasteiger partial charge in [0, 0.05) is 6.54 Å². The Bertz CT molecular complexity index is 1010. The Labute approximate surface area is 176 Å². The number of carbonyl (C=O) groups is 1. The van der Waals surface area contributed by atoms with Crippen LogP contribution >= 0.6 is 11.8 Å². The number of ether oxygens (including phenoxy) is 1. The summed E-state index contributed by atoms with van der Waals surface area (Å²) in [4.78, 5) is 20.6. The third-order valence-electron chi connectivity index (χ3n) is 5.32. The van der Waals surface area contributed by atoms with E-state index in [2.05, 4.69) is 32.9 Å². The largest absolute Gasteiger partial charge is 0.493 e. The summed E-state index contributed by atoms with van der Waals surface area (Å²) in [6, 6.07) is 12.2. The summed E-state index contributed by atoms with van der Waals surface area (Å²) in [5.74, 6) is 0.957. The molecule has 2 aliphatic rings. The van der Waals surface area contributed by atoms with Gasteiger partial charge in [-0.1, -0.05) is 25.1 Å². The number of benzene rings is 2. The van der Waals surface area contributed by atoms with E-state index in [1.165, 1.54) is 22.9 Å². The summed E-state index contributed by atoms with van der Waals surface area (Å²) in [6.45, 7) is 7.72. The molecule has 0 spiro atoms. The SMILES string of the molecule is CCC/N=C1\S/C(=C\c2ccc3c(c2)CCCO3)C(=O)N1c1cccc(C)c1C. The second kappa shape index (κ2) is 8.46. The predicted molar refractivity (Wildman–Crippen MR) is 122 cm³/mol. The molecule has 29 heavy (non-hydrogen) atoms. The van der Waals surface area contributed by atoms with Gasteiger partial charge in [0.1, 0.15) is 5.75 Å². The topological polar surface area (TPSA) is 41.9 Å². The molecular weight excluding hydrogens is 380 g/mol. The molecule has 0 bridgehead atoms. The van der Waals surface area contributed by atoms with Crippen LogP contribution in [0.3, 0.4) is 0 Å². The molecule has 0 aliphatic carbocycles. The van der Waals surface area contributed by atoms with Crippen LogP contribution in [0.2, 0.25) is 0 Å². The van der Waals surface area contributed by atoms with Gasteiger partial charge >= 0.3 is 0 Å². The second-order valence-corrected chi connectivity index (χ2v) is 8.46. The molecule has 0 atom stereocenters. The third-order valence-corrected chi connectivity index (χ3v) is 6.33. The molecule has 2 aromatic rings. The Kier molecular flexibility index (Phi) is 5.76. The number of thioether (sulfide) groups is 1. The van der Waals surface area contributed by atoms with Crippen molar-refractivity contribution in [2.75, 3.05) is 18.1 Å². The Morgan fingerprint density at radius 2 is 2.10 bits per heavy atom. The molecule has 1 fully saturated rings. The Morgan fingerprint density at radius 3 is 2.93 bits per heavy atom. The van der Waals surface area contributed by atoms with Gasteiger partial charge in [0.2, 0.25) is 0 Å². The van der Waals surface area contributed by atoms with Crippen LogP contribution in [0.4, 0.5) is 5.69 Å². The molecule has 2 aliphatic heterocycles. The van der Waals surface area contributed by atoms with Crippen LogP contribution < -0.4 is 9.64 Å². The lowest BCUT2D eigenvalue weighted by Crippen LogP contribution is -2.29. The monoisotopic (exact) mass is 406 g/mol. The maximum Gasteiger partial charge on any atom is 0.271 e. The molecule has 0 unspecified atom stereocenters. The van der Waals surface area contributed by atoms with Gasteiger partial charge in [0.25, 0.3) is 5.91 Å². The number of hydrogen-bond acceptors (Lipinski definition) is 4. The summed E-state index contributed by atoms with van der Waals surface area (Å²) < 4.78 is 5.71. The highest BCUT2D eigenvalue weighted by atomic mass is 32.2. The molecule has 0 radical (unpaired) electrons. The maximum atomic E-state index is 13.4. The first kappa shape index (κ1) is 19.8. The van der Waals surface area contributed by atoms with Crippen LogP contribution in [0.25, 0.3) is 6.08 Å². The molecule has 0 N–H and O–H groups in total. The molecule has 1 amide bonds. The smallest absolute Gasteiger partial charge is 0.271 e. The minimum Gasteiger partial charge on any atom is -0.493 e. The average molecular weight is 407 g/mol. The maximum absolute atomic E-state index is 13.4. The van der Waals surface area contributed by atoms with Crippen molar-refractivity contribution in [2.45, 2.75) is 40.0 Å². The number of nitrogens with zero attached hydrogens (tertiary/aromatic N) is 2. The fraction of sp³-hybridized carbons (Fsp3) is 0.333. The van der Waals surface area contributed by atoms with Crippen LogP contribution in [-0.2, 0) is 11.2 Å². The molecule has 5 heteroatoms. The van der Waals surface area contributed by atoms with Gasteiger partial charge in [-0.25, -0.2) is 0 Å². The fourth-order valence-electron chi connectivity index (χ4n) is 3.60. The standard InChI is InChI=1S/C24H26N2O2S/c1-4-12-25-24-26(20-9-5-7-16(2)17(20)3)23(27)22(29-24)15-18-10-11-21-19(14-18)8-6-13-28-21/h5,7,9-11,14-15H,4,6,8,12-13H2,1-3H3/b22-15-,25-24-. The van der Waals surface area contributed by atoms with E-state index in [0.29, 0.717) is 11.4 Å². The lowest BCUT2D eigenvalue weighted by atomic mass is 10.0. The summed E-state index contributed by atoms with van der Waals surface area (Å²) in [6.07, 6.45) is 4.98. The molecule has 2 aromatic carbocycles. The lowest BCUT2D eigenvalue weighted by Gasteiger charge is -2.19. The van der Waals surface area contributed by atoms with Crippen LogP contribution in [0, 0.1) is 13.8 Å². The van der Waals surface area contributed by atoms with Crippen molar-refractivity contribution in [1.82, 2.24) is 0 Å². The number of carbonyl (C=O) groups excluding carboxylic acids is 1. The van der Waals surface area contributed by atoms with Crippen LogP contribution in [0.15, 0.2) is 46.3 Å². The molecule has 0 saturated carbocycles. The van der Waals surface area contributed by atoms with E-state index in [1.54, 1.807) is 4.90 Å². The van der Waals surface area contributed by atoms with E-state index in [4.69, 9.17) is 9.73 Å². The van der Waals surface area contributed by atoms with E-state index >= 15 is 0 Å². The second-order valence-electron chi connectivity index (χ2n) is 7.45. The number of amides is 1. The van der Waals surface area contributed by atoms with Crippen molar-refractivity contribution in [3.05, 3.63) is 63.6 Å². The number of aliphatic imine (C=N–C) groups is 1. The van der Waals surface area contributed by atoms with Crippen molar-refractivity contribution in [3.8, 4) is 5.75 Å². The van der Waals surface area contributed by atoms with Crippen LogP contribution in [0.5, 0.6) is 5.75 Å². The first-order chi connectivity index (χ1) is 14.1. The summed E-state index contributed by atoms with van der Waals surface area (Å²) in [5.41, 5.74) is 5.44. The van der Waals surface area contributed by atoms with Crippen molar-refractivity contribution in [1.29, 1.82) is 0 Å². The number of aryl methyl sites for hydroxylation is 2. The number of anilines is 1. The zero-order valence-electron chi connectivity index (χ0n) is 17.2. The highest BCUT2D eigenvalue weighted by Crippen LogP contribution is 2.38. The van der Waals surface area contributed by atoms with E-state index in [-0.39, 0.29) is 5.91 Å². The summed E-state index contributed by atoms with van der Waals surface area (Å²) in [5, 5.41) is 0.762. The van der Waals surface area contributed by atoms with E-state index in [1.807, 2.05) is 30.3 Å². The van der Waals surface area contributed by atoms with Crippen LogP contribution in [0.1, 0.15) is 42.0 Å². The quantitative estimate of drug-likeness (QED) is 0.628. The van der Waals surface area contributed by atoms with Gasteiger partial charge in [-0.05, 0) is 91.4 Å². The Balaban J connectivity index is 1.71. The van der Waals surface area contributed by atoms with Gasteiger partial charge in [-0.2, -0.15) is 0 Å². The van der Waals surface area contributed by atoms with E-state index in [0.717, 1.165) is 53.6 Å². The number of hydrogen-bond donors (Lipinski definition) is 0. The van der Waals surface area contributed by atoms with Gasteiger partial charge < -0.3 is 4.74 Å². The van der Waals surface area contributed by atoms with Crippen molar-refractivity contribution >= 4 is 34.6 Å². The molecular formula is C24H26N2O2S. The van der Waals surface area contributed by atoms with Crippen LogP contribution in [-0.4, -0.2) is 24.2 Å². The Hall–Kier alpha value is -2.53. The highest BCUT2D eigenvalue weighted by molar-refractivity contribution is 8.19. The number of amidine groups is 1. The predicted octanol–water partition coefficient (Wildman–Crippen LogP) is 5.52.